The first-order chi connectivity index (χ1) is 14.6. The summed E-state index contributed by atoms with van der Waals surface area (Å²) < 4.78 is 0. The maximum Gasteiger partial charge on any atom is 0.253 e. The average Bonchev–Trinajstić information content (AvgIpc) is 3.61. The zero-order valence-corrected chi connectivity index (χ0v) is 17.7. The highest BCUT2D eigenvalue weighted by atomic mass is 16.2. The highest BCUT2D eigenvalue weighted by Crippen LogP contribution is 2.32. The Hall–Kier alpha value is -2.82. The molecular weight excluding hydrogens is 374 g/mol. The van der Waals surface area contributed by atoms with Crippen molar-refractivity contribution in [1.82, 2.24) is 5.32 Å². The van der Waals surface area contributed by atoms with Crippen LogP contribution in [0.4, 0.5) is 11.4 Å². The molecule has 4 rings (SSSR count). The lowest BCUT2D eigenvalue weighted by molar-refractivity contribution is -0.117. The molecule has 1 saturated carbocycles. The minimum Gasteiger partial charge on any atom is -0.371 e. The number of nitrogens with one attached hydrogen (secondary N) is 2. The monoisotopic (exact) mass is 405 g/mol. The van der Waals surface area contributed by atoms with E-state index in [0.717, 1.165) is 55.7 Å². The van der Waals surface area contributed by atoms with Crippen LogP contribution < -0.4 is 15.5 Å². The highest BCUT2D eigenvalue weighted by Gasteiger charge is 2.30. The Bertz CT molecular complexity index is 885. The quantitative estimate of drug-likeness (QED) is 0.718. The molecular formula is C25H31N3O2. The predicted molar refractivity (Wildman–Crippen MR) is 121 cm³/mol. The van der Waals surface area contributed by atoms with E-state index in [1.807, 2.05) is 55.5 Å². The van der Waals surface area contributed by atoms with Crippen LogP contribution in [-0.2, 0) is 4.79 Å². The number of carbonyl (C=O) groups is 2. The summed E-state index contributed by atoms with van der Waals surface area (Å²) in [5.74, 6) is 0.165. The number of nitrogens with zero attached hydrogens (tertiary/aromatic N) is 1. The number of benzene rings is 2. The molecule has 1 heterocycles. The second-order valence-corrected chi connectivity index (χ2v) is 8.50. The fourth-order valence-electron chi connectivity index (χ4n) is 4.06. The fourth-order valence-corrected chi connectivity index (χ4v) is 4.06. The lowest BCUT2D eigenvalue weighted by Gasteiger charge is -2.26. The second kappa shape index (κ2) is 9.33. The summed E-state index contributed by atoms with van der Waals surface area (Å²) in [6.07, 6.45) is 6.65. The number of carbonyl (C=O) groups excluding carboxylic acids is 2. The standard InChI is InChI=1S/C25H31N3O2/c1-18(19-9-5-4-6-10-19)26-25(30)22-14-13-21(27-24(29)20-11-12-20)17-23(22)28-15-7-2-3-8-16-28/h4-6,9-10,13-14,17-18,20H,2-3,7-8,11-12,15-16H2,1H3,(H,26,30)(H,27,29)/t18-/m0/s1. The van der Waals surface area contributed by atoms with Gasteiger partial charge in [-0.1, -0.05) is 43.2 Å². The van der Waals surface area contributed by atoms with Gasteiger partial charge >= 0.3 is 0 Å². The molecule has 2 fully saturated rings. The molecule has 2 amide bonds. The second-order valence-electron chi connectivity index (χ2n) is 8.50. The number of hydrogen-bond donors (Lipinski definition) is 2. The number of anilines is 2. The highest BCUT2D eigenvalue weighted by molar-refractivity contribution is 6.02. The van der Waals surface area contributed by atoms with Crippen molar-refractivity contribution >= 4 is 23.2 Å². The van der Waals surface area contributed by atoms with E-state index in [0.29, 0.717) is 5.56 Å². The molecule has 5 heteroatoms. The van der Waals surface area contributed by atoms with Gasteiger partial charge in [-0.2, -0.15) is 0 Å². The van der Waals surface area contributed by atoms with Gasteiger partial charge in [-0.15, -0.1) is 0 Å². The molecule has 2 N–H and O–H groups in total. The van der Waals surface area contributed by atoms with Gasteiger partial charge in [0.25, 0.3) is 5.91 Å². The predicted octanol–water partition coefficient (Wildman–Crippen LogP) is 4.91. The Morgan fingerprint density at radius 1 is 0.967 bits per heavy atom. The third-order valence-corrected chi connectivity index (χ3v) is 6.05. The van der Waals surface area contributed by atoms with Crippen molar-refractivity contribution in [1.29, 1.82) is 0 Å². The van der Waals surface area contributed by atoms with Crippen LogP contribution in [0.15, 0.2) is 48.5 Å². The van der Waals surface area contributed by atoms with E-state index in [-0.39, 0.29) is 23.8 Å². The summed E-state index contributed by atoms with van der Waals surface area (Å²) in [6.45, 7) is 3.88. The molecule has 2 aromatic carbocycles. The number of hydrogen-bond acceptors (Lipinski definition) is 3. The third kappa shape index (κ3) is 5.02. The van der Waals surface area contributed by atoms with Gasteiger partial charge in [-0.05, 0) is 56.4 Å². The zero-order valence-electron chi connectivity index (χ0n) is 17.7. The normalized spacial score (nSPS) is 17.7. The Morgan fingerprint density at radius 3 is 2.33 bits per heavy atom. The van der Waals surface area contributed by atoms with Crippen LogP contribution in [0.3, 0.4) is 0 Å². The van der Waals surface area contributed by atoms with Gasteiger partial charge in [-0.25, -0.2) is 0 Å². The zero-order chi connectivity index (χ0) is 20.9. The average molecular weight is 406 g/mol. The van der Waals surface area contributed by atoms with Crippen LogP contribution in [0.2, 0.25) is 0 Å². The summed E-state index contributed by atoms with van der Waals surface area (Å²) in [6, 6.07) is 15.6. The fraction of sp³-hybridized carbons (Fsp3) is 0.440. The van der Waals surface area contributed by atoms with Gasteiger partial charge in [-0.3, -0.25) is 9.59 Å². The molecule has 0 radical (unpaired) electrons. The Balaban J connectivity index is 1.57. The summed E-state index contributed by atoms with van der Waals surface area (Å²) in [7, 11) is 0. The largest absolute Gasteiger partial charge is 0.371 e. The molecule has 30 heavy (non-hydrogen) atoms. The van der Waals surface area contributed by atoms with E-state index in [4.69, 9.17) is 0 Å². The van der Waals surface area contributed by atoms with Crippen molar-refractivity contribution in [2.24, 2.45) is 5.92 Å². The van der Waals surface area contributed by atoms with Gasteiger partial charge in [0.05, 0.1) is 17.3 Å². The van der Waals surface area contributed by atoms with E-state index in [1.54, 1.807) is 0 Å². The first kappa shape index (κ1) is 20.5. The smallest absolute Gasteiger partial charge is 0.253 e. The molecule has 158 valence electrons. The molecule has 0 spiro atoms. The topological polar surface area (TPSA) is 61.4 Å². The third-order valence-electron chi connectivity index (χ3n) is 6.05. The van der Waals surface area contributed by atoms with Crippen molar-refractivity contribution in [2.45, 2.75) is 51.5 Å². The maximum atomic E-state index is 13.2. The Kier molecular flexibility index (Phi) is 6.36. The van der Waals surface area contributed by atoms with Crippen molar-refractivity contribution in [2.75, 3.05) is 23.3 Å². The molecule has 2 aliphatic rings. The summed E-state index contributed by atoms with van der Waals surface area (Å²) in [4.78, 5) is 27.7. The molecule has 0 bridgehead atoms. The molecule has 0 unspecified atom stereocenters. The van der Waals surface area contributed by atoms with Crippen LogP contribution in [-0.4, -0.2) is 24.9 Å². The molecule has 2 aromatic rings. The van der Waals surface area contributed by atoms with Crippen molar-refractivity contribution in [3.8, 4) is 0 Å². The number of amides is 2. The van der Waals surface area contributed by atoms with Gasteiger partial charge in [0, 0.05) is 24.7 Å². The van der Waals surface area contributed by atoms with E-state index < -0.39 is 0 Å². The molecule has 1 aliphatic carbocycles. The van der Waals surface area contributed by atoms with Crippen molar-refractivity contribution < 1.29 is 9.59 Å². The maximum absolute atomic E-state index is 13.2. The van der Waals surface area contributed by atoms with E-state index in [2.05, 4.69) is 15.5 Å². The first-order valence-electron chi connectivity index (χ1n) is 11.2. The minimum atomic E-state index is -0.0788. The van der Waals surface area contributed by atoms with Crippen LogP contribution in [0, 0.1) is 5.92 Å². The van der Waals surface area contributed by atoms with E-state index in [9.17, 15) is 9.59 Å². The van der Waals surface area contributed by atoms with E-state index >= 15 is 0 Å². The Labute approximate surface area is 178 Å². The summed E-state index contributed by atoms with van der Waals surface area (Å²) in [5, 5.41) is 6.18. The summed E-state index contributed by atoms with van der Waals surface area (Å²) >= 11 is 0. The Morgan fingerprint density at radius 2 is 1.67 bits per heavy atom. The van der Waals surface area contributed by atoms with Gasteiger partial charge < -0.3 is 15.5 Å². The van der Waals surface area contributed by atoms with E-state index in [1.165, 1.54) is 12.8 Å². The van der Waals surface area contributed by atoms with Gasteiger partial charge in [0.15, 0.2) is 0 Å². The number of rotatable bonds is 6. The van der Waals surface area contributed by atoms with Crippen LogP contribution in [0.5, 0.6) is 0 Å². The van der Waals surface area contributed by atoms with Crippen LogP contribution in [0.25, 0.3) is 0 Å². The van der Waals surface area contributed by atoms with Crippen molar-refractivity contribution in [3.63, 3.8) is 0 Å². The molecule has 5 nitrogen and oxygen atoms in total. The van der Waals surface area contributed by atoms with Crippen molar-refractivity contribution in [3.05, 3.63) is 59.7 Å². The first-order valence-corrected chi connectivity index (χ1v) is 11.2. The molecule has 1 saturated heterocycles. The van der Waals surface area contributed by atoms with Gasteiger partial charge in [0.2, 0.25) is 5.91 Å². The van der Waals surface area contributed by atoms with Crippen LogP contribution in [0.1, 0.15) is 67.4 Å². The summed E-state index contributed by atoms with van der Waals surface area (Å²) in [5.41, 5.74) is 3.45. The molecule has 1 aliphatic heterocycles. The minimum absolute atomic E-state index is 0.0781. The van der Waals surface area contributed by atoms with Crippen LogP contribution >= 0.6 is 0 Å². The molecule has 1 atom stereocenters. The molecule has 0 aromatic heterocycles. The lowest BCUT2D eigenvalue weighted by Crippen LogP contribution is -2.31. The SMILES string of the molecule is C[C@H](NC(=O)c1ccc(NC(=O)C2CC2)cc1N1CCCCCC1)c1ccccc1. The van der Waals surface area contributed by atoms with Gasteiger partial charge in [0.1, 0.15) is 0 Å². The lowest BCUT2D eigenvalue weighted by atomic mass is 10.1.